The Balaban J connectivity index is 2.34. The van der Waals surface area contributed by atoms with Gasteiger partial charge in [-0.25, -0.2) is 0 Å². The van der Waals surface area contributed by atoms with E-state index in [-0.39, 0.29) is 6.04 Å². The van der Waals surface area contributed by atoms with E-state index in [2.05, 4.69) is 50.6 Å². The first-order valence-electron chi connectivity index (χ1n) is 6.87. The Bertz CT molecular complexity index is 626. The largest absolute Gasteiger partial charge is 0.307 e. The molecule has 0 saturated carbocycles. The second-order valence-corrected chi connectivity index (χ2v) is 6.79. The molecule has 0 radical (unpaired) electrons. The molecule has 0 bridgehead atoms. The van der Waals surface area contributed by atoms with Crippen molar-refractivity contribution in [2.75, 3.05) is 6.54 Å². The molecule has 1 N–H and O–H groups in total. The number of benzene rings is 1. The third-order valence-electron chi connectivity index (χ3n) is 3.17. The molecule has 0 aliphatic heterocycles. The van der Waals surface area contributed by atoms with Gasteiger partial charge in [-0.3, -0.25) is 0 Å². The van der Waals surface area contributed by atoms with E-state index >= 15 is 0 Å². The molecule has 0 saturated heterocycles. The van der Waals surface area contributed by atoms with Crippen molar-refractivity contribution in [3.05, 3.63) is 33.0 Å². The van der Waals surface area contributed by atoms with Gasteiger partial charge in [0.15, 0.2) is 5.82 Å². The zero-order valence-electron chi connectivity index (χ0n) is 12.6. The summed E-state index contributed by atoms with van der Waals surface area (Å²) >= 11 is 9.77. The fourth-order valence-electron chi connectivity index (χ4n) is 1.94. The van der Waals surface area contributed by atoms with Crippen LogP contribution in [0.15, 0.2) is 16.6 Å². The molecule has 1 heterocycles. The lowest BCUT2D eigenvalue weighted by molar-refractivity contribution is 0.475. The molecule has 114 valence electrons. The molecule has 7 heteroatoms. The number of nitrogens with one attached hydrogen (secondary N) is 1. The lowest BCUT2D eigenvalue weighted by Gasteiger charge is -2.16. The summed E-state index contributed by atoms with van der Waals surface area (Å²) in [6.45, 7) is 9.25. The number of hydrogen-bond donors (Lipinski definition) is 1. The number of tetrazole rings is 1. The minimum Gasteiger partial charge on any atom is -0.307 e. The summed E-state index contributed by atoms with van der Waals surface area (Å²) < 4.78 is 2.63. The number of rotatable bonds is 5. The van der Waals surface area contributed by atoms with E-state index in [0.29, 0.717) is 10.9 Å². The maximum Gasteiger partial charge on any atom is 0.173 e. The van der Waals surface area contributed by atoms with Crippen LogP contribution in [0.4, 0.5) is 0 Å². The van der Waals surface area contributed by atoms with Gasteiger partial charge in [0.25, 0.3) is 0 Å². The summed E-state index contributed by atoms with van der Waals surface area (Å²) in [4.78, 5) is 0. The molecule has 5 nitrogen and oxygen atoms in total. The van der Waals surface area contributed by atoms with Gasteiger partial charge in [0.05, 0.1) is 11.7 Å². The Morgan fingerprint density at radius 3 is 2.71 bits per heavy atom. The zero-order chi connectivity index (χ0) is 15.6. The van der Waals surface area contributed by atoms with Crippen LogP contribution in [-0.2, 0) is 0 Å². The maximum atomic E-state index is 6.22. The van der Waals surface area contributed by atoms with Gasteiger partial charge in [0, 0.05) is 9.50 Å². The monoisotopic (exact) mass is 371 g/mol. The van der Waals surface area contributed by atoms with Crippen LogP contribution in [0, 0.1) is 12.8 Å². The van der Waals surface area contributed by atoms with Crippen LogP contribution in [0.2, 0.25) is 5.02 Å². The van der Waals surface area contributed by atoms with Gasteiger partial charge in [0.2, 0.25) is 0 Å². The molecule has 2 aromatic rings. The molecule has 0 aliphatic carbocycles. The Morgan fingerprint density at radius 1 is 1.33 bits per heavy atom. The summed E-state index contributed by atoms with van der Waals surface area (Å²) in [5.41, 5.74) is 1.84. The number of hydrogen-bond acceptors (Lipinski definition) is 4. The molecule has 1 atom stereocenters. The van der Waals surface area contributed by atoms with Crippen molar-refractivity contribution >= 4 is 27.5 Å². The number of halogens is 2. The normalized spacial score (nSPS) is 12.9. The highest BCUT2D eigenvalue weighted by atomic mass is 79.9. The Hall–Kier alpha value is -0.980. The van der Waals surface area contributed by atoms with E-state index < -0.39 is 0 Å². The molecular weight excluding hydrogens is 354 g/mol. The Morgan fingerprint density at radius 2 is 2.05 bits per heavy atom. The van der Waals surface area contributed by atoms with Gasteiger partial charge in [-0.1, -0.05) is 25.4 Å². The number of aryl methyl sites for hydroxylation is 1. The highest BCUT2D eigenvalue weighted by Gasteiger charge is 2.18. The fourth-order valence-corrected chi connectivity index (χ4v) is 2.72. The second-order valence-electron chi connectivity index (χ2n) is 5.53. The zero-order valence-corrected chi connectivity index (χ0v) is 14.9. The number of nitrogens with zero attached hydrogens (tertiary/aromatic N) is 4. The first-order valence-corrected chi connectivity index (χ1v) is 8.05. The SMILES string of the molecule is Cc1cc(Br)c(-n2nnnc2C(C)NCC(C)C)cc1Cl. The first kappa shape index (κ1) is 16.4. The Kier molecular flexibility index (Phi) is 5.35. The molecule has 21 heavy (non-hydrogen) atoms. The van der Waals surface area contributed by atoms with Gasteiger partial charge in [-0.05, 0) is 70.4 Å². The fraction of sp³-hybridized carbons (Fsp3) is 0.500. The number of aromatic nitrogens is 4. The predicted molar refractivity (Wildman–Crippen MR) is 87.9 cm³/mol. The van der Waals surface area contributed by atoms with E-state index in [4.69, 9.17) is 11.6 Å². The lowest BCUT2D eigenvalue weighted by atomic mass is 10.2. The van der Waals surface area contributed by atoms with Gasteiger partial charge in [-0.2, -0.15) is 4.68 Å². The molecule has 1 unspecified atom stereocenters. The smallest absolute Gasteiger partial charge is 0.173 e. The van der Waals surface area contributed by atoms with Crippen molar-refractivity contribution in [2.24, 2.45) is 5.92 Å². The third kappa shape index (κ3) is 3.81. The van der Waals surface area contributed by atoms with Gasteiger partial charge in [-0.15, -0.1) is 5.10 Å². The molecule has 0 aliphatic rings. The average molecular weight is 373 g/mol. The van der Waals surface area contributed by atoms with E-state index in [1.54, 1.807) is 4.68 Å². The van der Waals surface area contributed by atoms with Gasteiger partial charge in [0.1, 0.15) is 0 Å². The molecule has 1 aromatic heterocycles. The molecule has 0 fully saturated rings. The minimum absolute atomic E-state index is 0.0504. The van der Waals surface area contributed by atoms with E-state index in [1.807, 2.05) is 26.0 Å². The summed E-state index contributed by atoms with van der Waals surface area (Å²) in [5.74, 6) is 1.33. The van der Waals surface area contributed by atoms with Crippen molar-refractivity contribution in [3.8, 4) is 5.69 Å². The summed E-state index contributed by atoms with van der Waals surface area (Å²) in [6.07, 6.45) is 0. The summed E-state index contributed by atoms with van der Waals surface area (Å²) in [7, 11) is 0. The predicted octanol–water partition coefficient (Wildman–Crippen LogP) is 3.69. The quantitative estimate of drug-likeness (QED) is 0.869. The third-order valence-corrected chi connectivity index (χ3v) is 4.21. The Labute approximate surface area is 138 Å². The summed E-state index contributed by atoms with van der Waals surface area (Å²) in [5, 5.41) is 16.2. The molecule has 2 rings (SSSR count). The molecule has 1 aromatic carbocycles. The van der Waals surface area contributed by atoms with Crippen molar-refractivity contribution < 1.29 is 0 Å². The van der Waals surface area contributed by atoms with Crippen molar-refractivity contribution in [3.63, 3.8) is 0 Å². The highest BCUT2D eigenvalue weighted by molar-refractivity contribution is 9.10. The van der Waals surface area contributed by atoms with E-state index in [0.717, 1.165) is 28.1 Å². The van der Waals surface area contributed by atoms with E-state index in [1.165, 1.54) is 0 Å². The standard InChI is InChI=1S/C14H19BrClN5/c1-8(2)7-17-10(4)14-18-19-20-21(14)13-6-12(16)9(3)5-11(13)15/h5-6,8,10,17H,7H2,1-4H3. The van der Waals surface area contributed by atoms with Crippen LogP contribution in [0.5, 0.6) is 0 Å². The summed E-state index contributed by atoms with van der Waals surface area (Å²) in [6, 6.07) is 3.89. The van der Waals surface area contributed by atoms with Crippen LogP contribution >= 0.6 is 27.5 Å². The van der Waals surface area contributed by atoms with Gasteiger partial charge >= 0.3 is 0 Å². The van der Waals surface area contributed by atoms with Gasteiger partial charge < -0.3 is 5.32 Å². The van der Waals surface area contributed by atoms with Crippen LogP contribution in [-0.4, -0.2) is 26.8 Å². The van der Waals surface area contributed by atoms with E-state index in [9.17, 15) is 0 Å². The topological polar surface area (TPSA) is 55.6 Å². The van der Waals surface area contributed by atoms with Crippen molar-refractivity contribution in [1.82, 2.24) is 25.5 Å². The molecular formula is C14H19BrClN5. The average Bonchev–Trinajstić information content (AvgIpc) is 2.89. The van der Waals surface area contributed by atoms with Crippen molar-refractivity contribution in [2.45, 2.75) is 33.7 Å². The highest BCUT2D eigenvalue weighted by Crippen LogP contribution is 2.28. The van der Waals surface area contributed by atoms with Crippen LogP contribution in [0.1, 0.15) is 38.2 Å². The molecule has 0 spiro atoms. The lowest BCUT2D eigenvalue weighted by Crippen LogP contribution is -2.25. The second kappa shape index (κ2) is 6.85. The van der Waals surface area contributed by atoms with Crippen molar-refractivity contribution in [1.29, 1.82) is 0 Å². The van der Waals surface area contributed by atoms with Crippen LogP contribution < -0.4 is 5.32 Å². The molecule has 0 amide bonds. The maximum absolute atomic E-state index is 6.22. The van der Waals surface area contributed by atoms with Crippen LogP contribution in [0.25, 0.3) is 5.69 Å². The van der Waals surface area contributed by atoms with Crippen LogP contribution in [0.3, 0.4) is 0 Å². The minimum atomic E-state index is 0.0504. The first-order chi connectivity index (χ1) is 9.90.